The summed E-state index contributed by atoms with van der Waals surface area (Å²) in [5, 5.41) is 0. The fourth-order valence-electron chi connectivity index (χ4n) is 15.2. The van der Waals surface area contributed by atoms with E-state index in [4.69, 9.17) is 9.47 Å². The quantitative estimate of drug-likeness (QED) is 0.0389. The van der Waals surface area contributed by atoms with Crippen LogP contribution in [0.3, 0.4) is 0 Å². The molecular formula is C75H130F4O2Si4. The SMILES string of the molecule is CCCC1CCC(C2CC=C(c3ccc(OCCCC[Si](C)(C)CCC[Si](C)(C)CCC(C)CC)c(F)c3F)CC2)CC1.CCCC1CCC(C2CC=C(c3ccc(OCCCC[Si](C)(C)CC[Si](C)(C)CCC(C)CC)c(F)c3F)CC2)CC1. The second kappa shape index (κ2) is 36.8. The van der Waals surface area contributed by atoms with E-state index in [9.17, 15) is 0 Å². The van der Waals surface area contributed by atoms with Crippen LogP contribution in [0.25, 0.3) is 11.1 Å². The van der Waals surface area contributed by atoms with E-state index in [-0.39, 0.29) is 11.5 Å². The summed E-state index contributed by atoms with van der Waals surface area (Å²) in [5.41, 5.74) is 2.84. The molecule has 6 rings (SSSR count). The zero-order valence-electron chi connectivity index (χ0n) is 57.6. The molecule has 2 aromatic rings. The molecule has 0 radical (unpaired) electrons. The summed E-state index contributed by atoms with van der Waals surface area (Å²) in [5.74, 6) is 3.69. The lowest BCUT2D eigenvalue weighted by Gasteiger charge is -2.35. The second-order valence-electron chi connectivity index (χ2n) is 31.9. The number of benzene rings is 2. The Hall–Kier alpha value is -1.89. The Balaban J connectivity index is 0.000000311. The Morgan fingerprint density at radius 3 is 1.12 bits per heavy atom. The topological polar surface area (TPSA) is 18.5 Å². The van der Waals surface area contributed by atoms with Crippen LogP contribution in [0.2, 0.25) is 101 Å². The predicted molar refractivity (Wildman–Crippen MR) is 375 cm³/mol. The van der Waals surface area contributed by atoms with Crippen molar-refractivity contribution in [2.75, 3.05) is 13.2 Å². The molecular weight excluding hydrogens is 1120 g/mol. The van der Waals surface area contributed by atoms with Crippen LogP contribution in [0.5, 0.6) is 11.5 Å². The Morgan fingerprint density at radius 2 is 0.765 bits per heavy atom. The average molecular weight is 1250 g/mol. The molecule has 10 heteroatoms. The molecule has 0 saturated heterocycles. The molecule has 2 nitrogen and oxygen atoms in total. The maximum Gasteiger partial charge on any atom is 0.201 e. The molecule has 2 aromatic carbocycles. The molecule has 0 aliphatic heterocycles. The van der Waals surface area contributed by atoms with Crippen molar-refractivity contribution in [1.82, 2.24) is 0 Å². The number of allylic oxidation sites excluding steroid dienone is 4. The lowest BCUT2D eigenvalue weighted by atomic mass is 9.70. The van der Waals surface area contributed by atoms with Crippen molar-refractivity contribution in [1.29, 1.82) is 0 Å². The van der Waals surface area contributed by atoms with Crippen molar-refractivity contribution in [2.45, 2.75) is 316 Å². The Bertz CT molecular complexity index is 2290. The first-order valence-corrected chi connectivity index (χ1v) is 49.6. The van der Waals surface area contributed by atoms with Crippen LogP contribution < -0.4 is 9.47 Å². The van der Waals surface area contributed by atoms with E-state index in [1.54, 1.807) is 24.3 Å². The van der Waals surface area contributed by atoms with Crippen LogP contribution in [0, 0.1) is 70.6 Å². The van der Waals surface area contributed by atoms with Crippen LogP contribution in [0.15, 0.2) is 36.4 Å². The predicted octanol–water partition coefficient (Wildman–Crippen LogP) is 25.9. The molecule has 4 atom stereocenters. The minimum absolute atomic E-state index is 0.0694. The molecule has 0 heterocycles. The van der Waals surface area contributed by atoms with E-state index in [2.05, 4.69) is 106 Å². The van der Waals surface area contributed by atoms with Gasteiger partial charge in [0.1, 0.15) is 0 Å². The van der Waals surface area contributed by atoms with Gasteiger partial charge in [-0.1, -0.05) is 251 Å². The van der Waals surface area contributed by atoms with Gasteiger partial charge in [0.25, 0.3) is 0 Å². The summed E-state index contributed by atoms with van der Waals surface area (Å²) in [4.78, 5) is 0. The zero-order valence-corrected chi connectivity index (χ0v) is 61.6. The van der Waals surface area contributed by atoms with Gasteiger partial charge in [-0.15, -0.1) is 0 Å². The van der Waals surface area contributed by atoms with Gasteiger partial charge in [-0.3, -0.25) is 0 Å². The van der Waals surface area contributed by atoms with Crippen molar-refractivity contribution in [3.63, 3.8) is 0 Å². The van der Waals surface area contributed by atoms with Crippen LogP contribution in [0.4, 0.5) is 17.6 Å². The van der Waals surface area contributed by atoms with E-state index in [1.807, 2.05) is 0 Å². The third kappa shape index (κ3) is 25.7. The first kappa shape index (κ1) is 73.8. The third-order valence-corrected chi connectivity index (χ3v) is 36.2. The third-order valence-electron chi connectivity index (χ3n) is 22.4. The van der Waals surface area contributed by atoms with Crippen LogP contribution in [-0.4, -0.2) is 45.5 Å². The summed E-state index contributed by atoms with van der Waals surface area (Å²) in [6.45, 7) is 35.3. The lowest BCUT2D eigenvalue weighted by molar-refractivity contribution is 0.189. The van der Waals surface area contributed by atoms with E-state index >= 15 is 17.6 Å². The minimum atomic E-state index is -1.24. The van der Waals surface area contributed by atoms with Crippen LogP contribution in [0.1, 0.15) is 226 Å². The fraction of sp³-hybridized carbons (Fsp3) is 0.787. The number of halogens is 4. The average Bonchev–Trinajstić information content (AvgIpc) is 3.68. The summed E-state index contributed by atoms with van der Waals surface area (Å²) in [7, 11) is -4.64. The molecule has 0 bridgehead atoms. The van der Waals surface area contributed by atoms with Crippen LogP contribution >= 0.6 is 0 Å². The van der Waals surface area contributed by atoms with Crippen molar-refractivity contribution < 1.29 is 27.0 Å². The fourth-order valence-corrected chi connectivity index (χ4v) is 29.2. The Labute approximate surface area is 525 Å². The Kier molecular flexibility index (Phi) is 32.0. The summed E-state index contributed by atoms with van der Waals surface area (Å²) < 4.78 is 71.9. The van der Waals surface area contributed by atoms with Gasteiger partial charge in [0.15, 0.2) is 23.1 Å². The van der Waals surface area contributed by atoms with Gasteiger partial charge in [0, 0.05) is 43.4 Å². The number of hydrogen-bond donors (Lipinski definition) is 0. The number of unbranched alkanes of at least 4 members (excludes halogenated alkanes) is 2. The first-order chi connectivity index (χ1) is 40.4. The molecule has 486 valence electrons. The number of rotatable bonds is 35. The summed E-state index contributed by atoms with van der Waals surface area (Å²) in [6, 6.07) is 18.1. The summed E-state index contributed by atoms with van der Waals surface area (Å²) in [6.07, 6.45) is 37.5. The molecule has 85 heavy (non-hydrogen) atoms. The second-order valence-corrected chi connectivity index (χ2v) is 53.2. The largest absolute Gasteiger partial charge is 0.490 e. The van der Waals surface area contributed by atoms with Gasteiger partial charge in [0.2, 0.25) is 11.6 Å². The molecule has 0 amide bonds. The monoisotopic (exact) mass is 1250 g/mol. The molecule has 2 saturated carbocycles. The highest BCUT2D eigenvalue weighted by Gasteiger charge is 2.33. The minimum Gasteiger partial charge on any atom is -0.490 e. The maximum absolute atomic E-state index is 15.2. The van der Waals surface area contributed by atoms with Gasteiger partial charge in [0.05, 0.1) is 13.2 Å². The highest BCUT2D eigenvalue weighted by Crippen LogP contribution is 2.45. The van der Waals surface area contributed by atoms with Gasteiger partial charge in [-0.25, -0.2) is 8.78 Å². The van der Waals surface area contributed by atoms with Crippen molar-refractivity contribution in [3.8, 4) is 11.5 Å². The molecule has 4 aliphatic carbocycles. The van der Waals surface area contributed by atoms with E-state index in [0.717, 1.165) is 111 Å². The molecule has 2 fully saturated rings. The van der Waals surface area contributed by atoms with E-state index in [1.165, 1.54) is 158 Å². The molecule has 0 aromatic heterocycles. The van der Waals surface area contributed by atoms with Gasteiger partial charge < -0.3 is 9.47 Å². The molecule has 4 unspecified atom stereocenters. The Morgan fingerprint density at radius 1 is 0.412 bits per heavy atom. The first-order valence-electron chi connectivity index (χ1n) is 36.0. The molecule has 4 aliphatic rings. The highest BCUT2D eigenvalue weighted by molar-refractivity contribution is 6.82. The smallest absolute Gasteiger partial charge is 0.201 e. The number of ether oxygens (including phenoxy) is 2. The van der Waals surface area contributed by atoms with Crippen LogP contribution in [-0.2, 0) is 0 Å². The standard InChI is InChI=1S/C38H66F2OSi2.C37H64F2OSi2/c1-8-13-31-14-16-32(17-15-31)33-18-20-34(21-19-33)35-22-23-36(38(40)37(35)39)41-25-10-11-26-42(4,5)27-12-28-43(6,7)29-24-30(3)9-2;1-8-12-30-13-15-31(16-14-30)32-17-19-33(20-18-32)34-21-22-35(37(39)36(34)38)40-24-10-11-25-41(4,5)27-28-42(6,7)26-23-29(3)9-2/h20,22-23,30-33H,8-19,21,24-29H2,1-7H3;19,21-22,29-32H,8-18,20,23-28H2,1-7H3. The molecule has 0 spiro atoms. The highest BCUT2D eigenvalue weighted by atomic mass is 28.3. The van der Waals surface area contributed by atoms with E-state index in [0.29, 0.717) is 36.2 Å². The maximum atomic E-state index is 15.2. The summed E-state index contributed by atoms with van der Waals surface area (Å²) >= 11 is 0. The molecule has 0 N–H and O–H groups in total. The van der Waals surface area contributed by atoms with Crippen molar-refractivity contribution in [3.05, 3.63) is 70.8 Å². The van der Waals surface area contributed by atoms with Gasteiger partial charge in [-0.05, 0) is 160 Å². The van der Waals surface area contributed by atoms with Gasteiger partial charge in [-0.2, -0.15) is 8.78 Å². The normalized spacial score (nSPS) is 22.5. The van der Waals surface area contributed by atoms with Crippen molar-refractivity contribution >= 4 is 43.4 Å². The zero-order chi connectivity index (χ0) is 62.2. The van der Waals surface area contributed by atoms with Gasteiger partial charge >= 0.3 is 0 Å². The lowest BCUT2D eigenvalue weighted by Crippen LogP contribution is -2.32. The number of hydrogen-bond acceptors (Lipinski definition) is 2. The van der Waals surface area contributed by atoms with Crippen molar-refractivity contribution in [2.24, 2.45) is 47.3 Å². The van der Waals surface area contributed by atoms with E-state index < -0.39 is 55.6 Å².